The predicted molar refractivity (Wildman–Crippen MR) is 150 cm³/mol. The molecule has 1 saturated carbocycles. The summed E-state index contributed by atoms with van der Waals surface area (Å²) in [6.45, 7) is 5.19. The average molecular weight is 523 g/mol. The molecule has 2 amide bonds. The van der Waals surface area contributed by atoms with Crippen molar-refractivity contribution in [3.05, 3.63) is 64.7 Å². The van der Waals surface area contributed by atoms with Gasteiger partial charge in [0, 0.05) is 67.6 Å². The molecule has 3 aliphatic rings. The van der Waals surface area contributed by atoms with Gasteiger partial charge in [-0.1, -0.05) is 55.5 Å². The highest BCUT2D eigenvalue weighted by molar-refractivity contribution is 6.30. The standard InChI is InChI=1S/C30H39ClN4O2/c31-24-9-7-8-23(22-24)29(36)32-25-14-16-34(17-15-25)28-13-6-5-12-27(28)30(37)35-20-18-33(19-21-35)26-10-3-1-2-4-11-26/h5-9,12-13,22,25-26H,1-4,10-11,14-21H2,(H,32,36). The van der Waals surface area contributed by atoms with E-state index in [1.807, 2.05) is 23.1 Å². The molecule has 0 radical (unpaired) electrons. The molecule has 7 heteroatoms. The molecule has 1 N–H and O–H groups in total. The summed E-state index contributed by atoms with van der Waals surface area (Å²) in [5.74, 6) is 0.0621. The molecule has 0 bridgehead atoms. The van der Waals surface area contributed by atoms with Crippen LogP contribution in [0.2, 0.25) is 5.02 Å². The molecule has 0 aromatic heterocycles. The molecule has 1 aliphatic carbocycles. The van der Waals surface area contributed by atoms with Crippen LogP contribution in [-0.2, 0) is 0 Å². The minimum absolute atomic E-state index is 0.0838. The molecular weight excluding hydrogens is 484 g/mol. The van der Waals surface area contributed by atoms with Gasteiger partial charge in [0.1, 0.15) is 0 Å². The van der Waals surface area contributed by atoms with E-state index in [2.05, 4.69) is 21.2 Å². The van der Waals surface area contributed by atoms with Gasteiger partial charge in [0.05, 0.1) is 5.56 Å². The summed E-state index contributed by atoms with van der Waals surface area (Å²) in [7, 11) is 0. The second-order valence-electron chi connectivity index (χ2n) is 10.7. The number of hydrogen-bond acceptors (Lipinski definition) is 4. The molecule has 2 saturated heterocycles. The van der Waals surface area contributed by atoms with Gasteiger partial charge in [0.25, 0.3) is 11.8 Å². The van der Waals surface area contributed by atoms with Gasteiger partial charge in [0.15, 0.2) is 0 Å². The van der Waals surface area contributed by atoms with Crippen molar-refractivity contribution in [3.63, 3.8) is 0 Å². The number of rotatable bonds is 5. The first-order valence-electron chi connectivity index (χ1n) is 14.0. The van der Waals surface area contributed by atoms with Gasteiger partial charge in [-0.3, -0.25) is 14.5 Å². The van der Waals surface area contributed by atoms with E-state index in [1.54, 1.807) is 24.3 Å². The first-order valence-corrected chi connectivity index (χ1v) is 14.4. The Kier molecular flexibility index (Phi) is 8.67. The number of benzene rings is 2. The summed E-state index contributed by atoms with van der Waals surface area (Å²) in [4.78, 5) is 33.2. The van der Waals surface area contributed by atoms with Crippen LogP contribution in [-0.4, -0.2) is 73.0 Å². The Morgan fingerprint density at radius 3 is 2.19 bits per heavy atom. The van der Waals surface area contributed by atoms with E-state index in [9.17, 15) is 9.59 Å². The molecule has 6 nitrogen and oxygen atoms in total. The Hall–Kier alpha value is -2.57. The number of nitrogens with one attached hydrogen (secondary N) is 1. The number of piperazine rings is 1. The van der Waals surface area contributed by atoms with Crippen molar-refractivity contribution in [1.82, 2.24) is 15.1 Å². The molecule has 3 fully saturated rings. The monoisotopic (exact) mass is 522 g/mol. The highest BCUT2D eigenvalue weighted by Crippen LogP contribution is 2.27. The predicted octanol–water partition coefficient (Wildman–Crippen LogP) is 5.22. The fourth-order valence-corrected chi connectivity index (χ4v) is 6.37. The lowest BCUT2D eigenvalue weighted by Crippen LogP contribution is -2.52. The fourth-order valence-electron chi connectivity index (χ4n) is 6.18. The number of carbonyl (C=O) groups is 2. The van der Waals surface area contributed by atoms with Crippen LogP contribution in [0.5, 0.6) is 0 Å². The van der Waals surface area contributed by atoms with E-state index in [0.29, 0.717) is 16.6 Å². The van der Waals surface area contributed by atoms with Crippen molar-refractivity contribution in [1.29, 1.82) is 0 Å². The average Bonchev–Trinajstić information content (AvgIpc) is 3.23. The molecule has 2 aromatic carbocycles. The van der Waals surface area contributed by atoms with Crippen molar-refractivity contribution in [3.8, 4) is 0 Å². The van der Waals surface area contributed by atoms with Gasteiger partial charge in [-0.25, -0.2) is 0 Å². The van der Waals surface area contributed by atoms with Crippen LogP contribution in [0, 0.1) is 0 Å². The molecule has 2 aromatic rings. The lowest BCUT2D eigenvalue weighted by Gasteiger charge is -2.40. The summed E-state index contributed by atoms with van der Waals surface area (Å²) in [6, 6.07) is 15.9. The van der Waals surface area contributed by atoms with E-state index in [-0.39, 0.29) is 17.9 Å². The largest absolute Gasteiger partial charge is 0.371 e. The second kappa shape index (κ2) is 12.3. The maximum absolute atomic E-state index is 13.6. The van der Waals surface area contributed by atoms with Gasteiger partial charge in [-0.2, -0.15) is 0 Å². The zero-order chi connectivity index (χ0) is 25.6. The molecule has 2 heterocycles. The maximum Gasteiger partial charge on any atom is 0.256 e. The quantitative estimate of drug-likeness (QED) is 0.547. The molecule has 0 unspecified atom stereocenters. The third-order valence-electron chi connectivity index (χ3n) is 8.33. The Morgan fingerprint density at radius 1 is 0.784 bits per heavy atom. The Morgan fingerprint density at radius 2 is 1.49 bits per heavy atom. The summed E-state index contributed by atoms with van der Waals surface area (Å²) >= 11 is 6.04. The highest BCUT2D eigenvalue weighted by atomic mass is 35.5. The van der Waals surface area contributed by atoms with Crippen LogP contribution >= 0.6 is 11.6 Å². The Labute approximate surface area is 225 Å². The van der Waals surface area contributed by atoms with E-state index < -0.39 is 0 Å². The molecule has 198 valence electrons. The number of carbonyl (C=O) groups excluding carboxylic acids is 2. The first kappa shape index (κ1) is 26.1. The normalized spacial score (nSPS) is 20.5. The van der Waals surface area contributed by atoms with E-state index in [4.69, 9.17) is 11.6 Å². The third-order valence-corrected chi connectivity index (χ3v) is 8.57. The van der Waals surface area contributed by atoms with Gasteiger partial charge < -0.3 is 15.1 Å². The van der Waals surface area contributed by atoms with Crippen molar-refractivity contribution in [2.45, 2.75) is 63.5 Å². The van der Waals surface area contributed by atoms with Crippen molar-refractivity contribution in [2.75, 3.05) is 44.2 Å². The number of para-hydroxylation sites is 1. The van der Waals surface area contributed by atoms with Crippen LogP contribution < -0.4 is 10.2 Å². The van der Waals surface area contributed by atoms with Gasteiger partial charge >= 0.3 is 0 Å². The minimum atomic E-state index is -0.0838. The van der Waals surface area contributed by atoms with E-state index >= 15 is 0 Å². The number of piperidine rings is 1. The fraction of sp³-hybridized carbons (Fsp3) is 0.533. The van der Waals surface area contributed by atoms with Crippen LogP contribution in [0.3, 0.4) is 0 Å². The molecule has 5 rings (SSSR count). The van der Waals surface area contributed by atoms with Crippen molar-refractivity contribution in [2.24, 2.45) is 0 Å². The topological polar surface area (TPSA) is 55.9 Å². The third kappa shape index (κ3) is 6.47. The summed E-state index contributed by atoms with van der Waals surface area (Å²) in [5, 5.41) is 3.72. The molecule has 0 atom stereocenters. The van der Waals surface area contributed by atoms with Crippen LogP contribution in [0.25, 0.3) is 0 Å². The molecule has 37 heavy (non-hydrogen) atoms. The van der Waals surface area contributed by atoms with Crippen molar-refractivity contribution >= 4 is 29.1 Å². The second-order valence-corrected chi connectivity index (χ2v) is 11.2. The number of halogens is 1. The van der Waals surface area contributed by atoms with Crippen LogP contribution in [0.15, 0.2) is 48.5 Å². The number of hydrogen-bond donors (Lipinski definition) is 1. The van der Waals surface area contributed by atoms with Gasteiger partial charge in [-0.05, 0) is 56.0 Å². The minimum Gasteiger partial charge on any atom is -0.371 e. The lowest BCUT2D eigenvalue weighted by molar-refractivity contribution is 0.0552. The lowest BCUT2D eigenvalue weighted by atomic mass is 10.0. The summed E-state index contributed by atoms with van der Waals surface area (Å²) in [6.07, 6.45) is 9.74. The van der Waals surface area contributed by atoms with Gasteiger partial charge in [0.2, 0.25) is 0 Å². The maximum atomic E-state index is 13.6. The number of nitrogens with zero attached hydrogens (tertiary/aromatic N) is 3. The summed E-state index contributed by atoms with van der Waals surface area (Å²) < 4.78 is 0. The first-order chi connectivity index (χ1) is 18.1. The van der Waals surface area contributed by atoms with Crippen molar-refractivity contribution < 1.29 is 9.59 Å². The highest BCUT2D eigenvalue weighted by Gasteiger charge is 2.29. The number of anilines is 1. The smallest absolute Gasteiger partial charge is 0.256 e. The van der Waals surface area contributed by atoms with E-state index in [0.717, 1.165) is 63.4 Å². The van der Waals surface area contributed by atoms with Gasteiger partial charge in [-0.15, -0.1) is 0 Å². The van der Waals surface area contributed by atoms with Crippen LogP contribution in [0.4, 0.5) is 5.69 Å². The SMILES string of the molecule is O=C(NC1CCN(c2ccccc2C(=O)N2CCN(C3CCCCCC3)CC2)CC1)c1cccc(Cl)c1. The Balaban J connectivity index is 1.16. The Bertz CT molecular complexity index is 1070. The summed E-state index contributed by atoms with van der Waals surface area (Å²) in [5.41, 5.74) is 2.40. The zero-order valence-electron chi connectivity index (χ0n) is 21.7. The van der Waals surface area contributed by atoms with Crippen LogP contribution in [0.1, 0.15) is 72.1 Å². The molecule has 0 spiro atoms. The molecule has 2 aliphatic heterocycles. The zero-order valence-corrected chi connectivity index (χ0v) is 22.5. The number of amides is 2. The van der Waals surface area contributed by atoms with E-state index in [1.165, 1.54) is 38.5 Å². The molecular formula is C30H39ClN4O2.